The first-order chi connectivity index (χ1) is 7.72. The summed E-state index contributed by atoms with van der Waals surface area (Å²) in [6.07, 6.45) is 0. The molecule has 4 heteroatoms. The predicted octanol–water partition coefficient (Wildman–Crippen LogP) is 1.36. The molecule has 3 N–H and O–H groups in total. The molecule has 0 aromatic heterocycles. The lowest BCUT2D eigenvalue weighted by Gasteiger charge is -2.11. The van der Waals surface area contributed by atoms with E-state index in [2.05, 4.69) is 29.2 Å². The Bertz CT molecular complexity index is 321. The molecule has 0 saturated carbocycles. The van der Waals surface area contributed by atoms with Crippen LogP contribution in [-0.2, 0) is 0 Å². The Labute approximate surface area is 97.2 Å². The van der Waals surface area contributed by atoms with Crippen LogP contribution in [0.3, 0.4) is 0 Å². The maximum absolute atomic E-state index is 5.75. The van der Waals surface area contributed by atoms with Crippen molar-refractivity contribution in [3.63, 3.8) is 0 Å². The molecule has 0 heterocycles. The monoisotopic (exact) mass is 220 g/mol. The van der Waals surface area contributed by atoms with Gasteiger partial charge in [-0.2, -0.15) is 0 Å². The zero-order chi connectivity index (χ0) is 11.8. The number of aliphatic imine (C=N–C) groups is 1. The van der Waals surface area contributed by atoms with Crippen LogP contribution in [0, 0.1) is 0 Å². The first kappa shape index (κ1) is 12.5. The Balaban J connectivity index is 2.34. The molecule has 0 spiro atoms. The second kappa shape index (κ2) is 6.85. The predicted molar refractivity (Wildman–Crippen MR) is 69.7 cm³/mol. The van der Waals surface area contributed by atoms with Gasteiger partial charge in [-0.25, -0.2) is 0 Å². The lowest BCUT2D eigenvalue weighted by molar-refractivity contribution is 0.363. The average Bonchev–Trinajstić information content (AvgIpc) is 2.30. The Morgan fingerprint density at radius 2 is 2.06 bits per heavy atom. The van der Waals surface area contributed by atoms with Gasteiger partial charge < -0.3 is 16.0 Å². The highest BCUT2D eigenvalue weighted by atomic mass is 15.1. The van der Waals surface area contributed by atoms with E-state index in [9.17, 15) is 0 Å². The molecule has 0 aliphatic heterocycles. The number of likely N-dealkylation sites (N-methyl/N-ethyl adjacent to an activating group) is 1. The standard InChI is InChI=1S/C12H20N4/c1-3-16(2)10-9-14-12(13)15-11-7-5-4-6-8-11/h4-8H,3,9-10H2,1-2H3,(H3,13,14,15). The van der Waals surface area contributed by atoms with Crippen LogP contribution in [0.25, 0.3) is 0 Å². The molecule has 0 bridgehead atoms. The van der Waals surface area contributed by atoms with Gasteiger partial charge in [0.25, 0.3) is 0 Å². The van der Waals surface area contributed by atoms with Crippen molar-refractivity contribution < 1.29 is 0 Å². The SMILES string of the molecule is CCN(C)CCN=C(N)Nc1ccccc1. The number of guanidine groups is 1. The van der Waals surface area contributed by atoms with Gasteiger partial charge in [0.2, 0.25) is 0 Å². The summed E-state index contributed by atoms with van der Waals surface area (Å²) in [7, 11) is 2.07. The van der Waals surface area contributed by atoms with Gasteiger partial charge in [0.15, 0.2) is 5.96 Å². The molecule has 0 amide bonds. The minimum absolute atomic E-state index is 0.468. The number of nitrogens with zero attached hydrogens (tertiary/aromatic N) is 2. The van der Waals surface area contributed by atoms with Crippen molar-refractivity contribution in [1.29, 1.82) is 0 Å². The fraction of sp³-hybridized carbons (Fsp3) is 0.417. The zero-order valence-corrected chi connectivity index (χ0v) is 9.98. The molecular formula is C12H20N4. The van der Waals surface area contributed by atoms with E-state index in [1.807, 2.05) is 30.3 Å². The van der Waals surface area contributed by atoms with Crippen molar-refractivity contribution in [1.82, 2.24) is 4.90 Å². The first-order valence-electron chi connectivity index (χ1n) is 5.53. The van der Waals surface area contributed by atoms with E-state index in [4.69, 9.17) is 5.73 Å². The lowest BCUT2D eigenvalue weighted by Crippen LogP contribution is -2.26. The van der Waals surface area contributed by atoms with Crippen LogP contribution in [0.4, 0.5) is 5.69 Å². The van der Waals surface area contributed by atoms with Crippen molar-refractivity contribution in [2.75, 3.05) is 32.0 Å². The average molecular weight is 220 g/mol. The van der Waals surface area contributed by atoms with Gasteiger partial charge in [-0.1, -0.05) is 25.1 Å². The molecule has 0 aliphatic rings. The third kappa shape index (κ3) is 4.79. The van der Waals surface area contributed by atoms with E-state index in [0.29, 0.717) is 5.96 Å². The van der Waals surface area contributed by atoms with Crippen LogP contribution in [0.1, 0.15) is 6.92 Å². The summed E-state index contributed by atoms with van der Waals surface area (Å²) in [4.78, 5) is 6.44. The second-order valence-electron chi connectivity index (χ2n) is 3.65. The summed E-state index contributed by atoms with van der Waals surface area (Å²) in [6.45, 7) is 4.79. The summed E-state index contributed by atoms with van der Waals surface area (Å²) in [5.41, 5.74) is 6.72. The van der Waals surface area contributed by atoms with Gasteiger partial charge >= 0.3 is 0 Å². The molecule has 88 valence electrons. The van der Waals surface area contributed by atoms with Crippen molar-refractivity contribution in [2.24, 2.45) is 10.7 Å². The summed E-state index contributed by atoms with van der Waals surface area (Å²) in [5.74, 6) is 0.468. The van der Waals surface area contributed by atoms with Crippen molar-refractivity contribution in [3.8, 4) is 0 Å². The highest BCUT2D eigenvalue weighted by Gasteiger charge is 1.95. The van der Waals surface area contributed by atoms with Gasteiger partial charge in [0, 0.05) is 12.2 Å². The quantitative estimate of drug-likeness (QED) is 0.582. The number of hydrogen-bond donors (Lipinski definition) is 2. The normalized spacial score (nSPS) is 11.8. The van der Waals surface area contributed by atoms with Crippen molar-refractivity contribution in [3.05, 3.63) is 30.3 Å². The highest BCUT2D eigenvalue weighted by Crippen LogP contribution is 2.03. The molecule has 16 heavy (non-hydrogen) atoms. The summed E-state index contributed by atoms with van der Waals surface area (Å²) < 4.78 is 0. The molecule has 4 nitrogen and oxygen atoms in total. The summed E-state index contributed by atoms with van der Waals surface area (Å²) in [5, 5.41) is 3.04. The molecule has 0 radical (unpaired) electrons. The third-order valence-corrected chi connectivity index (χ3v) is 2.35. The Kier molecular flexibility index (Phi) is 5.36. The van der Waals surface area contributed by atoms with Gasteiger partial charge in [-0.05, 0) is 25.7 Å². The minimum Gasteiger partial charge on any atom is -0.370 e. The van der Waals surface area contributed by atoms with E-state index in [1.165, 1.54) is 0 Å². The number of benzene rings is 1. The molecule has 0 atom stereocenters. The topological polar surface area (TPSA) is 53.6 Å². The van der Waals surface area contributed by atoms with E-state index in [0.717, 1.165) is 25.3 Å². The van der Waals surface area contributed by atoms with E-state index in [-0.39, 0.29) is 0 Å². The smallest absolute Gasteiger partial charge is 0.193 e. The number of rotatable bonds is 5. The van der Waals surface area contributed by atoms with Crippen molar-refractivity contribution >= 4 is 11.6 Å². The summed E-state index contributed by atoms with van der Waals surface area (Å²) >= 11 is 0. The van der Waals surface area contributed by atoms with Gasteiger partial charge in [0.1, 0.15) is 0 Å². The number of para-hydroxylation sites is 1. The van der Waals surface area contributed by atoms with Crippen LogP contribution in [-0.4, -0.2) is 37.5 Å². The largest absolute Gasteiger partial charge is 0.370 e. The molecule has 1 rings (SSSR count). The molecule has 0 saturated heterocycles. The second-order valence-corrected chi connectivity index (χ2v) is 3.65. The van der Waals surface area contributed by atoms with Crippen LogP contribution in [0.5, 0.6) is 0 Å². The van der Waals surface area contributed by atoms with Gasteiger partial charge in [-0.15, -0.1) is 0 Å². The molecule has 0 unspecified atom stereocenters. The van der Waals surface area contributed by atoms with E-state index < -0.39 is 0 Å². The van der Waals surface area contributed by atoms with Gasteiger partial charge in [0.05, 0.1) is 6.54 Å². The fourth-order valence-electron chi connectivity index (χ4n) is 1.21. The van der Waals surface area contributed by atoms with Crippen LogP contribution in [0.2, 0.25) is 0 Å². The number of hydrogen-bond acceptors (Lipinski definition) is 2. The number of anilines is 1. The summed E-state index contributed by atoms with van der Waals surface area (Å²) in [6, 6.07) is 9.80. The number of nitrogens with two attached hydrogens (primary N) is 1. The van der Waals surface area contributed by atoms with Crippen LogP contribution < -0.4 is 11.1 Å². The van der Waals surface area contributed by atoms with Crippen LogP contribution >= 0.6 is 0 Å². The maximum Gasteiger partial charge on any atom is 0.193 e. The number of nitrogens with one attached hydrogen (secondary N) is 1. The Morgan fingerprint density at radius 1 is 1.38 bits per heavy atom. The maximum atomic E-state index is 5.75. The van der Waals surface area contributed by atoms with Crippen molar-refractivity contribution in [2.45, 2.75) is 6.92 Å². The highest BCUT2D eigenvalue weighted by molar-refractivity contribution is 5.92. The molecule has 0 fully saturated rings. The van der Waals surface area contributed by atoms with E-state index >= 15 is 0 Å². The molecule has 1 aromatic rings. The molecule has 0 aliphatic carbocycles. The first-order valence-corrected chi connectivity index (χ1v) is 5.53. The zero-order valence-electron chi connectivity index (χ0n) is 9.98. The lowest BCUT2D eigenvalue weighted by atomic mass is 10.3. The third-order valence-electron chi connectivity index (χ3n) is 2.35. The molecular weight excluding hydrogens is 200 g/mol. The molecule has 1 aromatic carbocycles. The van der Waals surface area contributed by atoms with Crippen LogP contribution in [0.15, 0.2) is 35.3 Å². The minimum atomic E-state index is 0.468. The van der Waals surface area contributed by atoms with Gasteiger partial charge in [-0.3, -0.25) is 4.99 Å². The van der Waals surface area contributed by atoms with E-state index in [1.54, 1.807) is 0 Å². The Morgan fingerprint density at radius 3 is 2.69 bits per heavy atom. The Hall–Kier alpha value is -1.55. The fourth-order valence-corrected chi connectivity index (χ4v) is 1.21.